The van der Waals surface area contributed by atoms with Gasteiger partial charge in [-0.25, -0.2) is 4.39 Å². The van der Waals surface area contributed by atoms with Crippen molar-refractivity contribution in [2.45, 2.75) is 6.18 Å². The van der Waals surface area contributed by atoms with E-state index in [-0.39, 0.29) is 11.5 Å². The summed E-state index contributed by atoms with van der Waals surface area (Å²) in [6.07, 6.45) is -0.117. The number of hydrogen-bond donors (Lipinski definition) is 1. The molecule has 0 atom stereocenters. The van der Waals surface area contributed by atoms with Crippen molar-refractivity contribution in [3.8, 4) is 22.9 Å². The summed E-state index contributed by atoms with van der Waals surface area (Å²) in [7, 11) is 1.20. The van der Waals surface area contributed by atoms with Crippen molar-refractivity contribution < 1.29 is 36.4 Å². The molecule has 2 aromatic rings. The summed E-state index contributed by atoms with van der Waals surface area (Å²) < 4.78 is 63.6. The summed E-state index contributed by atoms with van der Waals surface area (Å²) in [6, 6.07) is 7.59. The number of amides is 1. The number of fused-ring (bicyclic) bond motifs is 1. The Bertz CT molecular complexity index is 1070. The quantitative estimate of drug-likeness (QED) is 0.308. The highest BCUT2D eigenvalue weighted by atomic mass is 19.4. The SMILES string of the molecule is COc1cc(F)ccc1Oc1cc(C(F)(F)F)ncc1C(=O)N[O-].c1cc2c[n+]-2c1. The number of nitrogens with zero attached hydrogens (tertiary/aromatic N) is 2. The Labute approximate surface area is 167 Å². The van der Waals surface area contributed by atoms with E-state index in [2.05, 4.69) is 21.8 Å². The second kappa shape index (κ2) is 8.33. The van der Waals surface area contributed by atoms with Crippen LogP contribution >= 0.6 is 0 Å². The van der Waals surface area contributed by atoms with Crippen LogP contribution in [-0.4, -0.2) is 18.0 Å². The second-order valence-corrected chi connectivity index (χ2v) is 5.86. The third kappa shape index (κ3) is 4.81. The average Bonchev–Trinajstić information content (AvgIpc) is 3.32. The van der Waals surface area contributed by atoms with Crippen LogP contribution < -0.4 is 19.5 Å². The molecule has 156 valence electrons. The predicted octanol–water partition coefficient (Wildman–Crippen LogP) is 3.54. The van der Waals surface area contributed by atoms with Crippen LogP contribution in [0.15, 0.2) is 55.0 Å². The Kier molecular flexibility index (Phi) is 5.83. The molecule has 0 fully saturated rings. The molecule has 0 spiro atoms. The summed E-state index contributed by atoms with van der Waals surface area (Å²) in [6.45, 7) is 0. The van der Waals surface area contributed by atoms with Crippen LogP contribution in [0.1, 0.15) is 16.1 Å². The third-order valence-corrected chi connectivity index (χ3v) is 3.85. The molecule has 4 rings (SSSR count). The molecule has 1 aromatic carbocycles. The lowest BCUT2D eigenvalue weighted by Crippen LogP contribution is -2.18. The molecule has 11 heteroatoms. The zero-order chi connectivity index (χ0) is 21.9. The van der Waals surface area contributed by atoms with Gasteiger partial charge in [-0.2, -0.15) is 17.7 Å². The third-order valence-electron chi connectivity index (χ3n) is 3.85. The first-order valence-corrected chi connectivity index (χ1v) is 8.25. The van der Waals surface area contributed by atoms with Gasteiger partial charge in [0.15, 0.2) is 17.7 Å². The maximum absolute atomic E-state index is 13.2. The zero-order valence-electron chi connectivity index (χ0n) is 15.2. The van der Waals surface area contributed by atoms with Gasteiger partial charge in [0.25, 0.3) is 5.69 Å². The zero-order valence-corrected chi connectivity index (χ0v) is 15.2. The van der Waals surface area contributed by atoms with E-state index in [9.17, 15) is 27.6 Å². The van der Waals surface area contributed by atoms with Gasteiger partial charge in [0.2, 0.25) is 12.1 Å². The summed E-state index contributed by atoms with van der Waals surface area (Å²) in [4.78, 5) is 14.6. The maximum Gasteiger partial charge on any atom is 0.433 e. The van der Waals surface area contributed by atoms with Gasteiger partial charge >= 0.3 is 6.18 Å². The Morgan fingerprint density at radius 1 is 1.17 bits per heavy atom. The van der Waals surface area contributed by atoms with Gasteiger partial charge in [-0.1, -0.05) is 0 Å². The minimum atomic E-state index is -4.79. The molecule has 30 heavy (non-hydrogen) atoms. The number of methoxy groups -OCH3 is 1. The number of benzene rings is 1. The molecule has 7 nitrogen and oxygen atoms in total. The number of hydroxylamine groups is 1. The number of halogens is 4. The molecule has 0 unspecified atom stereocenters. The van der Waals surface area contributed by atoms with Crippen molar-refractivity contribution in [2.24, 2.45) is 0 Å². The molecule has 1 N–H and O–H groups in total. The molecule has 1 amide bonds. The molecule has 0 radical (unpaired) electrons. The first kappa shape index (κ1) is 21.0. The van der Waals surface area contributed by atoms with Crippen LogP contribution in [0.4, 0.5) is 17.6 Å². The number of rotatable bonds is 4. The van der Waals surface area contributed by atoms with Crippen LogP contribution in [0, 0.1) is 11.0 Å². The number of hydrogen-bond acceptors (Lipinski definition) is 5. The van der Waals surface area contributed by atoms with E-state index in [1.807, 2.05) is 12.3 Å². The Morgan fingerprint density at radius 3 is 2.43 bits per heavy atom. The fourth-order valence-electron chi connectivity index (χ4n) is 2.35. The number of pyridine rings is 2. The van der Waals surface area contributed by atoms with E-state index in [1.54, 1.807) is 0 Å². The van der Waals surface area contributed by atoms with Crippen LogP contribution in [0.3, 0.4) is 0 Å². The average molecular weight is 423 g/mol. The number of carbonyl (C=O) groups is 1. The molecule has 2 aliphatic rings. The maximum atomic E-state index is 13.2. The summed E-state index contributed by atoms with van der Waals surface area (Å²) in [5.41, 5.74) is 0.508. The van der Waals surface area contributed by atoms with Gasteiger partial charge in [-0.05, 0) is 12.1 Å². The molecule has 1 aromatic heterocycles. The largest absolute Gasteiger partial charge is 0.759 e. The smallest absolute Gasteiger partial charge is 0.433 e. The summed E-state index contributed by atoms with van der Waals surface area (Å²) >= 11 is 0. The van der Waals surface area contributed by atoms with Gasteiger partial charge in [-0.3, -0.25) is 9.78 Å². The fraction of sp³-hybridized carbons (Fsp3) is 0.105. The van der Waals surface area contributed by atoms with Gasteiger partial charge < -0.3 is 20.2 Å². The first-order valence-electron chi connectivity index (χ1n) is 8.25. The van der Waals surface area contributed by atoms with Crippen molar-refractivity contribution in [1.29, 1.82) is 0 Å². The minimum Gasteiger partial charge on any atom is -0.759 e. The molecular formula is C19H13F4N3O4. The molecule has 0 saturated carbocycles. The van der Waals surface area contributed by atoms with Crippen molar-refractivity contribution in [3.63, 3.8) is 0 Å². The molecule has 0 bridgehead atoms. The lowest BCUT2D eigenvalue weighted by atomic mass is 10.2. The first-order chi connectivity index (χ1) is 14.2. The number of carbonyl (C=O) groups excluding carboxylic acids is 1. The van der Waals surface area contributed by atoms with Crippen LogP contribution in [0.25, 0.3) is 5.69 Å². The van der Waals surface area contributed by atoms with E-state index in [1.165, 1.54) is 12.8 Å². The predicted molar refractivity (Wildman–Crippen MR) is 94.6 cm³/mol. The molecule has 3 heterocycles. The minimum absolute atomic E-state index is 0.117. The van der Waals surface area contributed by atoms with Gasteiger partial charge in [0.05, 0.1) is 12.7 Å². The van der Waals surface area contributed by atoms with E-state index >= 15 is 0 Å². The topological polar surface area (TPSA) is 87.4 Å². The Hall–Kier alpha value is -3.73. The lowest BCUT2D eigenvalue weighted by Gasteiger charge is -2.16. The second-order valence-electron chi connectivity index (χ2n) is 5.86. The van der Waals surface area contributed by atoms with E-state index < -0.39 is 34.9 Å². The summed E-state index contributed by atoms with van der Waals surface area (Å²) in [5.74, 6) is -2.77. The molecule has 0 aliphatic carbocycles. The molecule has 0 saturated heterocycles. The van der Waals surface area contributed by atoms with E-state index in [0.29, 0.717) is 12.3 Å². The highest BCUT2D eigenvalue weighted by Gasteiger charge is 2.34. The fourth-order valence-corrected chi connectivity index (χ4v) is 2.35. The highest BCUT2D eigenvalue weighted by molar-refractivity contribution is 5.97. The lowest BCUT2D eigenvalue weighted by molar-refractivity contribution is -0.518. The Morgan fingerprint density at radius 2 is 1.93 bits per heavy atom. The van der Waals surface area contributed by atoms with Gasteiger partial charge in [0, 0.05) is 30.5 Å². The van der Waals surface area contributed by atoms with Crippen molar-refractivity contribution in [3.05, 3.63) is 77.3 Å². The summed E-state index contributed by atoms with van der Waals surface area (Å²) in [5, 5.41) is 10.5. The van der Waals surface area contributed by atoms with Gasteiger partial charge in [-0.15, -0.1) is 0 Å². The normalized spacial score (nSPS) is 11.1. The van der Waals surface area contributed by atoms with Crippen molar-refractivity contribution >= 4 is 5.91 Å². The highest BCUT2D eigenvalue weighted by Crippen LogP contribution is 2.36. The molecular weight excluding hydrogens is 410 g/mol. The van der Waals surface area contributed by atoms with Crippen LogP contribution in [-0.2, 0) is 6.18 Å². The monoisotopic (exact) mass is 423 g/mol. The number of ether oxygens (including phenoxy) is 2. The van der Waals surface area contributed by atoms with E-state index in [0.717, 1.165) is 23.7 Å². The number of alkyl halides is 3. The number of aromatic nitrogens is 2. The Balaban J connectivity index is 0.000000357. The van der Waals surface area contributed by atoms with Gasteiger partial charge in [0.1, 0.15) is 17.3 Å². The van der Waals surface area contributed by atoms with Crippen LogP contribution in [0.2, 0.25) is 0 Å². The standard InChI is InChI=1S/C14H9F4N2O4.C5H4N/c1-23-11-4-7(15)2-3-9(11)24-10-5-12(14(16,17)18)19-6-8(10)13(21)20-22;1-2-5-4-6(5)3-1/h2-6H,1H3,(H-,20,21,22);1-4H/q-1;+1. The van der Waals surface area contributed by atoms with Crippen molar-refractivity contribution in [1.82, 2.24) is 10.5 Å². The van der Waals surface area contributed by atoms with Crippen LogP contribution in [0.5, 0.6) is 17.2 Å². The number of nitrogens with one attached hydrogen (secondary N) is 1. The molecule has 2 aliphatic heterocycles. The van der Waals surface area contributed by atoms with E-state index in [4.69, 9.17) is 9.47 Å². The van der Waals surface area contributed by atoms with Crippen molar-refractivity contribution in [2.75, 3.05) is 7.11 Å².